The zero-order valence-corrected chi connectivity index (χ0v) is 13.7. The molecule has 0 aliphatic rings. The van der Waals surface area contributed by atoms with Gasteiger partial charge in [-0.15, -0.1) is 0 Å². The molecule has 10 heteroatoms. The second kappa shape index (κ2) is 7.85. The number of benzene rings is 1. The van der Waals surface area contributed by atoms with Crippen LogP contribution < -0.4 is 5.32 Å². The molecule has 1 N–H and O–H groups in total. The average molecular weight is 378 g/mol. The van der Waals surface area contributed by atoms with E-state index in [1.165, 1.54) is 12.1 Å². The van der Waals surface area contributed by atoms with Crippen molar-refractivity contribution in [3.05, 3.63) is 65.8 Å². The Balaban J connectivity index is 1.52. The summed E-state index contributed by atoms with van der Waals surface area (Å²) in [6.07, 6.45) is -2.08. The number of carbonyl (C=O) groups excluding carboxylic acids is 1. The van der Waals surface area contributed by atoms with Gasteiger partial charge >= 0.3 is 18.2 Å². The van der Waals surface area contributed by atoms with E-state index in [9.17, 15) is 18.0 Å². The van der Waals surface area contributed by atoms with Crippen molar-refractivity contribution in [1.29, 1.82) is 0 Å². The fraction of sp³-hybridized carbons (Fsp3) is 0.176. The number of ether oxygens (including phenoxy) is 1. The van der Waals surface area contributed by atoms with Crippen LogP contribution in [0.3, 0.4) is 0 Å². The van der Waals surface area contributed by atoms with Crippen LogP contribution in [0.25, 0.3) is 11.4 Å². The molecule has 7 nitrogen and oxygen atoms in total. The number of halogens is 3. The third-order valence-electron chi connectivity index (χ3n) is 3.41. The quantitative estimate of drug-likeness (QED) is 0.730. The standard InChI is InChI=1S/C17H13F3N4O3/c18-17(19,20)15-23-14(24-27-15)13-5-3-11(4-6-13)9-22-16(25)26-10-12-2-1-7-21-8-12/h1-8H,9-10H2,(H,22,25). The maximum absolute atomic E-state index is 12.5. The van der Waals surface area contributed by atoms with Crippen LogP contribution in [0.15, 0.2) is 53.3 Å². The second-order valence-electron chi connectivity index (χ2n) is 5.41. The molecule has 3 rings (SSSR count). The van der Waals surface area contributed by atoms with Crippen molar-refractivity contribution >= 4 is 6.09 Å². The van der Waals surface area contributed by atoms with E-state index in [0.29, 0.717) is 5.56 Å². The van der Waals surface area contributed by atoms with Gasteiger partial charge in [0.15, 0.2) is 0 Å². The highest BCUT2D eigenvalue weighted by molar-refractivity contribution is 5.67. The number of hydrogen-bond acceptors (Lipinski definition) is 6. The Kier molecular flexibility index (Phi) is 5.34. The molecule has 1 amide bonds. The first-order chi connectivity index (χ1) is 12.9. The monoisotopic (exact) mass is 378 g/mol. The minimum absolute atomic E-state index is 0.0952. The number of aromatic nitrogens is 3. The maximum Gasteiger partial charge on any atom is 0.471 e. The van der Waals surface area contributed by atoms with E-state index in [0.717, 1.165) is 11.1 Å². The summed E-state index contributed by atoms with van der Waals surface area (Å²) < 4.78 is 46.7. The van der Waals surface area contributed by atoms with Crippen LogP contribution in [0.2, 0.25) is 0 Å². The molecule has 0 atom stereocenters. The van der Waals surface area contributed by atoms with Crippen molar-refractivity contribution < 1.29 is 27.2 Å². The van der Waals surface area contributed by atoms with Crippen molar-refractivity contribution in [2.45, 2.75) is 19.3 Å². The Morgan fingerprint density at radius 2 is 1.93 bits per heavy atom. The summed E-state index contributed by atoms with van der Waals surface area (Å²) in [6.45, 7) is 0.282. The molecule has 0 fully saturated rings. The Labute approximate surface area is 151 Å². The SMILES string of the molecule is O=C(NCc1ccc(-c2noc(C(F)(F)F)n2)cc1)OCc1cccnc1. The largest absolute Gasteiger partial charge is 0.471 e. The number of amides is 1. The third kappa shape index (κ3) is 5.03. The van der Waals surface area contributed by atoms with Gasteiger partial charge in [0.2, 0.25) is 5.82 Å². The number of nitrogens with one attached hydrogen (secondary N) is 1. The van der Waals surface area contributed by atoms with Crippen molar-refractivity contribution in [3.63, 3.8) is 0 Å². The lowest BCUT2D eigenvalue weighted by molar-refractivity contribution is -0.159. The number of pyridine rings is 1. The van der Waals surface area contributed by atoms with Gasteiger partial charge < -0.3 is 14.6 Å². The number of alkyl carbamates (subject to hydrolysis) is 1. The Morgan fingerprint density at radius 1 is 1.15 bits per heavy atom. The van der Waals surface area contributed by atoms with Gasteiger partial charge in [0, 0.05) is 30.1 Å². The number of alkyl halides is 3. The molecule has 0 spiro atoms. The molecule has 140 valence electrons. The van der Waals surface area contributed by atoms with Gasteiger partial charge in [0.1, 0.15) is 6.61 Å². The fourth-order valence-corrected chi connectivity index (χ4v) is 2.09. The molecule has 27 heavy (non-hydrogen) atoms. The summed E-state index contributed by atoms with van der Waals surface area (Å²) in [5, 5.41) is 5.88. The lowest BCUT2D eigenvalue weighted by Crippen LogP contribution is -2.23. The lowest BCUT2D eigenvalue weighted by atomic mass is 10.1. The lowest BCUT2D eigenvalue weighted by Gasteiger charge is -2.07. The van der Waals surface area contributed by atoms with Crippen molar-refractivity contribution in [2.75, 3.05) is 0 Å². The summed E-state index contributed by atoms with van der Waals surface area (Å²) in [6, 6.07) is 9.83. The summed E-state index contributed by atoms with van der Waals surface area (Å²) in [5.41, 5.74) is 1.84. The zero-order valence-electron chi connectivity index (χ0n) is 13.7. The van der Waals surface area contributed by atoms with E-state index in [1.54, 1.807) is 36.7 Å². The third-order valence-corrected chi connectivity index (χ3v) is 3.41. The highest BCUT2D eigenvalue weighted by Crippen LogP contribution is 2.29. The van der Waals surface area contributed by atoms with Crippen LogP contribution in [0.5, 0.6) is 0 Å². The average Bonchev–Trinajstić information content (AvgIpc) is 3.17. The first kappa shape index (κ1) is 18.4. The van der Waals surface area contributed by atoms with Gasteiger partial charge in [-0.25, -0.2) is 4.79 Å². The van der Waals surface area contributed by atoms with Gasteiger partial charge in [-0.3, -0.25) is 4.98 Å². The maximum atomic E-state index is 12.5. The summed E-state index contributed by atoms with van der Waals surface area (Å²) in [4.78, 5) is 18.9. The van der Waals surface area contributed by atoms with Crippen LogP contribution in [0.4, 0.5) is 18.0 Å². The molecule has 2 heterocycles. The van der Waals surface area contributed by atoms with Gasteiger partial charge in [-0.2, -0.15) is 18.2 Å². The van der Waals surface area contributed by atoms with E-state index in [4.69, 9.17) is 4.74 Å². The first-order valence-corrected chi connectivity index (χ1v) is 7.71. The summed E-state index contributed by atoms with van der Waals surface area (Å²) in [7, 11) is 0. The number of nitrogens with zero attached hydrogens (tertiary/aromatic N) is 3. The zero-order chi connectivity index (χ0) is 19.3. The topological polar surface area (TPSA) is 90.1 Å². The Morgan fingerprint density at radius 3 is 2.56 bits per heavy atom. The molecule has 0 radical (unpaired) electrons. The van der Waals surface area contributed by atoms with Crippen molar-refractivity contribution in [2.24, 2.45) is 0 Å². The van der Waals surface area contributed by atoms with E-state index < -0.39 is 18.2 Å². The van der Waals surface area contributed by atoms with Crippen LogP contribution in [-0.4, -0.2) is 21.2 Å². The van der Waals surface area contributed by atoms with Gasteiger partial charge in [-0.1, -0.05) is 35.5 Å². The van der Waals surface area contributed by atoms with Crippen LogP contribution in [-0.2, 0) is 24.1 Å². The predicted octanol–water partition coefficient (Wildman–Crippen LogP) is 3.58. The number of carbonyl (C=O) groups is 1. The molecule has 0 saturated carbocycles. The fourth-order valence-electron chi connectivity index (χ4n) is 2.09. The van der Waals surface area contributed by atoms with Gasteiger partial charge in [0.05, 0.1) is 0 Å². The van der Waals surface area contributed by atoms with Crippen molar-refractivity contribution in [3.8, 4) is 11.4 Å². The minimum atomic E-state index is -4.69. The molecular formula is C17H13F3N4O3. The molecule has 0 bridgehead atoms. The molecule has 3 aromatic rings. The van der Waals surface area contributed by atoms with E-state index in [2.05, 4.69) is 25.0 Å². The highest BCUT2D eigenvalue weighted by atomic mass is 19.4. The first-order valence-electron chi connectivity index (χ1n) is 7.71. The highest BCUT2D eigenvalue weighted by Gasteiger charge is 2.38. The number of hydrogen-bond donors (Lipinski definition) is 1. The molecule has 0 unspecified atom stereocenters. The van der Waals surface area contributed by atoms with E-state index in [-0.39, 0.29) is 19.0 Å². The molecule has 2 aromatic heterocycles. The molecular weight excluding hydrogens is 365 g/mol. The van der Waals surface area contributed by atoms with E-state index >= 15 is 0 Å². The Hall–Kier alpha value is -3.43. The molecule has 1 aromatic carbocycles. The molecule has 0 aliphatic heterocycles. The molecule has 0 aliphatic carbocycles. The summed E-state index contributed by atoms with van der Waals surface area (Å²) in [5.74, 6) is -1.57. The van der Waals surface area contributed by atoms with Crippen LogP contribution in [0.1, 0.15) is 17.0 Å². The number of rotatable bonds is 5. The Bertz CT molecular complexity index is 896. The van der Waals surface area contributed by atoms with Gasteiger partial charge in [0.25, 0.3) is 0 Å². The predicted molar refractivity (Wildman–Crippen MR) is 86.0 cm³/mol. The summed E-state index contributed by atoms with van der Waals surface area (Å²) >= 11 is 0. The van der Waals surface area contributed by atoms with E-state index in [1.807, 2.05) is 0 Å². The second-order valence-corrected chi connectivity index (χ2v) is 5.41. The van der Waals surface area contributed by atoms with Crippen molar-refractivity contribution in [1.82, 2.24) is 20.4 Å². The minimum Gasteiger partial charge on any atom is -0.445 e. The van der Waals surface area contributed by atoms with Crippen LogP contribution in [0, 0.1) is 0 Å². The van der Waals surface area contributed by atoms with Crippen LogP contribution >= 0.6 is 0 Å². The smallest absolute Gasteiger partial charge is 0.445 e. The normalized spacial score (nSPS) is 11.2. The van der Waals surface area contributed by atoms with Gasteiger partial charge in [-0.05, 0) is 11.6 Å². The molecule has 0 saturated heterocycles.